The van der Waals surface area contributed by atoms with E-state index in [0.29, 0.717) is 12.8 Å². The molecule has 0 bridgehead atoms. The zero-order chi connectivity index (χ0) is 46.7. The normalized spacial score (nSPS) is 13.8. The lowest BCUT2D eigenvalue weighted by molar-refractivity contribution is -0.132. The number of aliphatic hydroxyl groups excluding tert-OH is 4. The van der Waals surface area contributed by atoms with E-state index in [2.05, 4.69) is 31.3 Å². The maximum Gasteiger partial charge on any atom is 0.249 e. The first-order chi connectivity index (χ1) is 31.5. The zero-order valence-electron chi connectivity index (χ0n) is 43.3. The number of allylic oxidation sites excluding steroid dienone is 2. The van der Waals surface area contributed by atoms with Gasteiger partial charge in [-0.05, 0) is 38.5 Å². The Morgan fingerprint density at radius 3 is 0.938 bits per heavy atom. The summed E-state index contributed by atoms with van der Waals surface area (Å²) in [6, 6.07) is -0.999. The van der Waals surface area contributed by atoms with Crippen LogP contribution in [0.25, 0.3) is 0 Å². The Morgan fingerprint density at radius 1 is 0.375 bits per heavy atom. The molecule has 6 heteroatoms. The molecule has 0 saturated carbocycles. The minimum Gasteiger partial charge on any atom is -0.394 e. The van der Waals surface area contributed by atoms with Gasteiger partial charge in [-0.15, -0.1) is 0 Å². The molecular formula is C58H115NO5. The number of aliphatic hydroxyl groups is 4. The summed E-state index contributed by atoms with van der Waals surface area (Å²) in [5, 5.41) is 44.0. The smallest absolute Gasteiger partial charge is 0.249 e. The second kappa shape index (κ2) is 53.0. The third kappa shape index (κ3) is 46.2. The van der Waals surface area contributed by atoms with E-state index < -0.39 is 36.9 Å². The Bertz CT molecular complexity index is 928. The summed E-state index contributed by atoms with van der Waals surface area (Å²) in [6.07, 6.45) is 62.9. The summed E-state index contributed by atoms with van der Waals surface area (Å²) in [5.41, 5.74) is 0. The standard InChI is InChI=1S/C58H115NO5/c1-3-5-7-9-11-13-15-17-19-21-23-24-25-26-27-28-29-30-31-32-34-35-37-39-41-43-45-47-49-51-55(61)57(63)54(53-60)59-58(64)56(62)52-50-48-46-44-42-40-38-36-33-22-20-18-16-14-12-10-8-6-4-2/h43,45,54-57,60-63H,3-42,44,46-53H2,1-2H3,(H,59,64)/b45-43+. The fourth-order valence-corrected chi connectivity index (χ4v) is 9.41. The summed E-state index contributed by atoms with van der Waals surface area (Å²) < 4.78 is 0. The van der Waals surface area contributed by atoms with E-state index in [4.69, 9.17) is 0 Å². The van der Waals surface area contributed by atoms with Gasteiger partial charge in [0.1, 0.15) is 12.2 Å². The first kappa shape index (κ1) is 63.0. The van der Waals surface area contributed by atoms with Crippen LogP contribution in [0.5, 0.6) is 0 Å². The highest BCUT2D eigenvalue weighted by molar-refractivity contribution is 5.80. The number of hydrogen-bond acceptors (Lipinski definition) is 5. The fraction of sp³-hybridized carbons (Fsp3) is 0.948. The number of unbranched alkanes of at least 4 members (excludes halogenated alkanes) is 43. The third-order valence-corrected chi connectivity index (χ3v) is 14.0. The molecule has 0 aromatic rings. The molecule has 0 heterocycles. The number of carbonyl (C=O) groups excluding carboxylic acids is 1. The van der Waals surface area contributed by atoms with Gasteiger partial charge >= 0.3 is 0 Å². The minimum absolute atomic E-state index is 0.369. The molecule has 5 N–H and O–H groups in total. The van der Waals surface area contributed by atoms with E-state index >= 15 is 0 Å². The van der Waals surface area contributed by atoms with Crippen LogP contribution in [0.2, 0.25) is 0 Å². The van der Waals surface area contributed by atoms with Crippen molar-refractivity contribution in [3.05, 3.63) is 12.2 Å². The van der Waals surface area contributed by atoms with Crippen LogP contribution in [0.3, 0.4) is 0 Å². The van der Waals surface area contributed by atoms with Crippen molar-refractivity contribution < 1.29 is 25.2 Å². The second-order valence-corrected chi connectivity index (χ2v) is 20.3. The molecule has 0 radical (unpaired) electrons. The quantitative estimate of drug-likeness (QED) is 0.0308. The van der Waals surface area contributed by atoms with Gasteiger partial charge in [-0.25, -0.2) is 0 Å². The lowest BCUT2D eigenvalue weighted by Crippen LogP contribution is -2.53. The maximum absolute atomic E-state index is 12.6. The van der Waals surface area contributed by atoms with Crippen LogP contribution in [-0.2, 0) is 4.79 Å². The predicted octanol–water partition coefficient (Wildman–Crippen LogP) is 16.9. The Balaban J connectivity index is 3.60. The highest BCUT2D eigenvalue weighted by Gasteiger charge is 2.28. The molecule has 0 spiro atoms. The van der Waals surface area contributed by atoms with Crippen LogP contribution in [0.4, 0.5) is 0 Å². The molecule has 4 unspecified atom stereocenters. The molecule has 0 aromatic heterocycles. The Morgan fingerprint density at radius 2 is 0.641 bits per heavy atom. The van der Waals surface area contributed by atoms with Crippen molar-refractivity contribution in [2.24, 2.45) is 0 Å². The zero-order valence-corrected chi connectivity index (χ0v) is 43.3. The summed E-state index contributed by atoms with van der Waals surface area (Å²) >= 11 is 0. The number of carbonyl (C=O) groups is 1. The van der Waals surface area contributed by atoms with E-state index in [1.807, 2.05) is 0 Å². The lowest BCUT2D eigenvalue weighted by atomic mass is 10.00. The van der Waals surface area contributed by atoms with Gasteiger partial charge in [0.25, 0.3) is 0 Å². The maximum atomic E-state index is 12.6. The summed E-state index contributed by atoms with van der Waals surface area (Å²) in [5.74, 6) is -0.587. The van der Waals surface area contributed by atoms with Gasteiger partial charge in [0.2, 0.25) is 5.91 Å². The Kier molecular flexibility index (Phi) is 52.2. The van der Waals surface area contributed by atoms with E-state index in [1.165, 1.54) is 257 Å². The first-order valence-electron chi connectivity index (χ1n) is 29.1. The lowest BCUT2D eigenvalue weighted by Gasteiger charge is -2.27. The Labute approximate surface area is 400 Å². The van der Waals surface area contributed by atoms with Crippen molar-refractivity contribution in [3.8, 4) is 0 Å². The van der Waals surface area contributed by atoms with Crippen LogP contribution in [0.1, 0.15) is 322 Å². The molecule has 0 aromatic carbocycles. The molecule has 4 atom stereocenters. The molecule has 0 aliphatic rings. The first-order valence-corrected chi connectivity index (χ1v) is 29.1. The monoisotopic (exact) mass is 906 g/mol. The molecule has 0 aliphatic carbocycles. The van der Waals surface area contributed by atoms with Crippen molar-refractivity contribution in [3.63, 3.8) is 0 Å². The van der Waals surface area contributed by atoms with E-state index in [0.717, 1.165) is 38.5 Å². The van der Waals surface area contributed by atoms with Crippen molar-refractivity contribution in [2.45, 2.75) is 346 Å². The third-order valence-electron chi connectivity index (χ3n) is 14.0. The average molecular weight is 907 g/mol. The second-order valence-electron chi connectivity index (χ2n) is 20.3. The van der Waals surface area contributed by atoms with Gasteiger partial charge in [-0.2, -0.15) is 0 Å². The van der Waals surface area contributed by atoms with Crippen LogP contribution in [0.15, 0.2) is 12.2 Å². The largest absolute Gasteiger partial charge is 0.394 e. The van der Waals surface area contributed by atoms with E-state index in [-0.39, 0.29) is 0 Å². The van der Waals surface area contributed by atoms with Gasteiger partial charge < -0.3 is 25.7 Å². The number of rotatable bonds is 54. The van der Waals surface area contributed by atoms with Crippen molar-refractivity contribution >= 4 is 5.91 Å². The highest BCUT2D eigenvalue weighted by atomic mass is 16.3. The van der Waals surface area contributed by atoms with Crippen molar-refractivity contribution in [1.82, 2.24) is 5.32 Å². The average Bonchev–Trinajstić information content (AvgIpc) is 3.30. The number of hydrogen-bond donors (Lipinski definition) is 5. The number of amides is 1. The Hall–Kier alpha value is -0.950. The van der Waals surface area contributed by atoms with Crippen LogP contribution in [-0.4, -0.2) is 57.3 Å². The molecule has 6 nitrogen and oxygen atoms in total. The van der Waals surface area contributed by atoms with Crippen LogP contribution < -0.4 is 5.32 Å². The molecule has 0 saturated heterocycles. The topological polar surface area (TPSA) is 110 Å². The van der Waals surface area contributed by atoms with Gasteiger partial charge in [0, 0.05) is 0 Å². The molecule has 0 aliphatic heterocycles. The highest BCUT2D eigenvalue weighted by Crippen LogP contribution is 2.18. The molecule has 64 heavy (non-hydrogen) atoms. The van der Waals surface area contributed by atoms with Gasteiger partial charge in [-0.1, -0.05) is 296 Å². The van der Waals surface area contributed by atoms with Crippen LogP contribution >= 0.6 is 0 Å². The van der Waals surface area contributed by atoms with Crippen molar-refractivity contribution in [2.75, 3.05) is 6.61 Å². The summed E-state index contributed by atoms with van der Waals surface area (Å²) in [7, 11) is 0. The minimum atomic E-state index is -1.28. The summed E-state index contributed by atoms with van der Waals surface area (Å²) in [4.78, 5) is 12.6. The van der Waals surface area contributed by atoms with Crippen LogP contribution in [0, 0.1) is 0 Å². The fourth-order valence-electron chi connectivity index (χ4n) is 9.41. The molecule has 0 rings (SSSR count). The molecular weight excluding hydrogens is 791 g/mol. The molecule has 1 amide bonds. The SMILES string of the molecule is CCCCCCCCCCCCCCCCCCCCCCCCCC/C=C/CCCC(O)C(O)C(CO)NC(=O)C(O)CCCCCCCCCCCCCCCCCCCCC. The van der Waals surface area contributed by atoms with Gasteiger partial charge in [0.15, 0.2) is 0 Å². The van der Waals surface area contributed by atoms with Gasteiger partial charge in [-0.3, -0.25) is 4.79 Å². The van der Waals surface area contributed by atoms with E-state index in [1.54, 1.807) is 0 Å². The molecule has 0 fully saturated rings. The number of nitrogens with one attached hydrogen (secondary N) is 1. The molecule has 382 valence electrons. The van der Waals surface area contributed by atoms with Crippen molar-refractivity contribution in [1.29, 1.82) is 0 Å². The summed E-state index contributed by atoms with van der Waals surface area (Å²) in [6.45, 7) is 4.09. The van der Waals surface area contributed by atoms with E-state index in [9.17, 15) is 25.2 Å². The van der Waals surface area contributed by atoms with Gasteiger partial charge in [0.05, 0.1) is 18.8 Å². The predicted molar refractivity (Wildman–Crippen MR) is 279 cm³/mol.